The van der Waals surface area contributed by atoms with E-state index < -0.39 is 22.5 Å². The fraction of sp³-hybridized carbons (Fsp3) is 0.240. The first-order chi connectivity index (χ1) is 16.2. The summed E-state index contributed by atoms with van der Waals surface area (Å²) in [6.45, 7) is 3.77. The molecule has 0 atom stereocenters. The third-order valence-electron chi connectivity index (χ3n) is 5.14. The van der Waals surface area contributed by atoms with Crippen LogP contribution in [0.5, 0.6) is 0 Å². The van der Waals surface area contributed by atoms with Crippen LogP contribution in [0.25, 0.3) is 0 Å². The number of hydrogen-bond acceptors (Lipinski definition) is 5. The summed E-state index contributed by atoms with van der Waals surface area (Å²) in [7, 11) is -3.74. The van der Waals surface area contributed by atoms with Gasteiger partial charge in [0.05, 0.1) is 23.2 Å². The van der Waals surface area contributed by atoms with Crippen molar-refractivity contribution in [2.45, 2.75) is 26.3 Å². The van der Waals surface area contributed by atoms with E-state index in [2.05, 4.69) is 15.6 Å². The van der Waals surface area contributed by atoms with E-state index in [-0.39, 0.29) is 23.9 Å². The van der Waals surface area contributed by atoms with Gasteiger partial charge in [-0.05, 0) is 41.3 Å². The van der Waals surface area contributed by atoms with E-state index in [4.69, 9.17) is 0 Å². The molecule has 0 saturated heterocycles. The van der Waals surface area contributed by atoms with Crippen molar-refractivity contribution in [2.24, 2.45) is 0 Å². The molecule has 0 saturated carbocycles. The molecular weight excluding hydrogens is 452 g/mol. The lowest BCUT2D eigenvalue weighted by atomic mass is 10.0. The molecular formula is C25H28N4O4S. The Hall–Kier alpha value is -3.72. The molecule has 1 heterocycles. The van der Waals surface area contributed by atoms with E-state index in [1.54, 1.807) is 54.9 Å². The molecule has 8 nitrogen and oxygen atoms in total. The van der Waals surface area contributed by atoms with Crippen molar-refractivity contribution < 1.29 is 18.0 Å². The van der Waals surface area contributed by atoms with Crippen molar-refractivity contribution in [3.05, 3.63) is 89.7 Å². The summed E-state index contributed by atoms with van der Waals surface area (Å²) in [6, 6.07) is 17.3. The molecule has 0 aliphatic heterocycles. The Morgan fingerprint density at radius 1 is 1.00 bits per heavy atom. The van der Waals surface area contributed by atoms with Gasteiger partial charge in [-0.2, -0.15) is 0 Å². The molecule has 9 heteroatoms. The van der Waals surface area contributed by atoms with E-state index in [1.807, 2.05) is 32.0 Å². The smallest absolute Gasteiger partial charge is 0.253 e. The Labute approximate surface area is 200 Å². The Kier molecular flexibility index (Phi) is 8.01. The molecule has 0 unspecified atom stereocenters. The van der Waals surface area contributed by atoms with E-state index >= 15 is 0 Å². The highest BCUT2D eigenvalue weighted by Crippen LogP contribution is 2.29. The Bertz CT molecular complexity index is 1260. The summed E-state index contributed by atoms with van der Waals surface area (Å²) in [4.78, 5) is 29.7. The topological polar surface area (TPSA) is 108 Å². The molecule has 2 aromatic carbocycles. The predicted molar refractivity (Wildman–Crippen MR) is 133 cm³/mol. The van der Waals surface area contributed by atoms with Crippen LogP contribution < -0.4 is 14.9 Å². The highest BCUT2D eigenvalue weighted by molar-refractivity contribution is 7.92. The Morgan fingerprint density at radius 3 is 2.38 bits per heavy atom. The van der Waals surface area contributed by atoms with Gasteiger partial charge in [-0.1, -0.05) is 50.2 Å². The quantitative estimate of drug-likeness (QED) is 0.487. The number of nitrogens with zero attached hydrogens (tertiary/aromatic N) is 2. The number of sulfonamides is 1. The number of rotatable bonds is 9. The van der Waals surface area contributed by atoms with Crippen molar-refractivity contribution in [3.8, 4) is 0 Å². The minimum atomic E-state index is -3.74. The van der Waals surface area contributed by atoms with Crippen molar-refractivity contribution >= 4 is 33.2 Å². The average molecular weight is 481 g/mol. The largest absolute Gasteiger partial charge is 0.348 e. The van der Waals surface area contributed by atoms with E-state index in [1.165, 1.54) is 0 Å². The maximum Gasteiger partial charge on any atom is 0.253 e. The maximum absolute atomic E-state index is 12.9. The number of para-hydroxylation sites is 2. The summed E-state index contributed by atoms with van der Waals surface area (Å²) in [5, 5.41) is 5.50. The second-order valence-electron chi connectivity index (χ2n) is 8.12. The number of carbonyl (C=O) groups excluding carboxylic acids is 2. The van der Waals surface area contributed by atoms with E-state index in [9.17, 15) is 18.0 Å². The highest BCUT2D eigenvalue weighted by Gasteiger charge is 2.24. The van der Waals surface area contributed by atoms with Gasteiger partial charge < -0.3 is 10.6 Å². The second-order valence-corrected chi connectivity index (χ2v) is 10.0. The first kappa shape index (κ1) is 24.9. The van der Waals surface area contributed by atoms with Crippen LogP contribution in [0.3, 0.4) is 0 Å². The maximum atomic E-state index is 12.9. The molecule has 1 aromatic heterocycles. The molecule has 0 bridgehead atoms. The fourth-order valence-corrected chi connectivity index (χ4v) is 4.35. The third kappa shape index (κ3) is 6.41. The molecule has 3 rings (SSSR count). The van der Waals surface area contributed by atoms with Gasteiger partial charge in [0.15, 0.2) is 0 Å². The van der Waals surface area contributed by atoms with Crippen molar-refractivity contribution in [1.29, 1.82) is 0 Å². The van der Waals surface area contributed by atoms with Crippen LogP contribution in [-0.4, -0.2) is 38.0 Å². The number of nitrogens with one attached hydrogen (secondary N) is 2. The van der Waals surface area contributed by atoms with Gasteiger partial charge in [0, 0.05) is 18.9 Å². The molecule has 34 heavy (non-hydrogen) atoms. The highest BCUT2D eigenvalue weighted by atomic mass is 32.2. The first-order valence-corrected chi connectivity index (χ1v) is 12.6. The molecule has 2 amide bonds. The van der Waals surface area contributed by atoms with E-state index in [0.29, 0.717) is 11.4 Å². The zero-order valence-electron chi connectivity index (χ0n) is 19.4. The number of amides is 2. The number of benzene rings is 2. The van der Waals surface area contributed by atoms with Crippen LogP contribution in [0.15, 0.2) is 73.1 Å². The number of aromatic nitrogens is 1. The van der Waals surface area contributed by atoms with Crippen LogP contribution in [0.4, 0.5) is 11.4 Å². The minimum Gasteiger partial charge on any atom is -0.348 e. The van der Waals surface area contributed by atoms with Crippen LogP contribution in [0.1, 0.15) is 41.3 Å². The second kappa shape index (κ2) is 10.9. The van der Waals surface area contributed by atoms with E-state index in [0.717, 1.165) is 21.7 Å². The van der Waals surface area contributed by atoms with Gasteiger partial charge in [-0.3, -0.25) is 18.9 Å². The van der Waals surface area contributed by atoms with Crippen molar-refractivity contribution in [1.82, 2.24) is 10.3 Å². The molecule has 2 N–H and O–H groups in total. The van der Waals surface area contributed by atoms with Gasteiger partial charge in [0.25, 0.3) is 5.91 Å². The monoisotopic (exact) mass is 480 g/mol. The van der Waals surface area contributed by atoms with Gasteiger partial charge in [-0.25, -0.2) is 8.42 Å². The van der Waals surface area contributed by atoms with Gasteiger partial charge in [0.2, 0.25) is 15.9 Å². The standard InChI is InChI=1S/C25H28N4O4S/c1-18(2)20-10-5-7-13-23(20)29(34(3,32)33)17-24(30)28-22-12-6-4-11-21(22)25(31)27-16-19-9-8-14-26-15-19/h4-15,18H,16-17H2,1-3H3,(H,27,31)(H,28,30). The summed E-state index contributed by atoms with van der Waals surface area (Å²) >= 11 is 0. The molecule has 0 aliphatic rings. The van der Waals surface area contributed by atoms with Crippen LogP contribution >= 0.6 is 0 Å². The number of anilines is 2. The molecule has 0 aliphatic carbocycles. The summed E-state index contributed by atoms with van der Waals surface area (Å²) in [5.41, 5.74) is 2.67. The normalized spacial score (nSPS) is 11.2. The first-order valence-electron chi connectivity index (χ1n) is 10.8. The Morgan fingerprint density at radius 2 is 1.71 bits per heavy atom. The lowest BCUT2D eigenvalue weighted by Crippen LogP contribution is -2.38. The zero-order chi connectivity index (χ0) is 24.7. The summed E-state index contributed by atoms with van der Waals surface area (Å²) in [6.07, 6.45) is 4.37. The third-order valence-corrected chi connectivity index (χ3v) is 6.26. The molecule has 0 radical (unpaired) electrons. The van der Waals surface area contributed by atoms with Crippen LogP contribution in [0, 0.1) is 0 Å². The fourth-order valence-electron chi connectivity index (χ4n) is 3.47. The van der Waals surface area contributed by atoms with Crippen molar-refractivity contribution in [3.63, 3.8) is 0 Å². The number of pyridine rings is 1. The molecule has 0 spiro atoms. The average Bonchev–Trinajstić information content (AvgIpc) is 2.81. The lowest BCUT2D eigenvalue weighted by molar-refractivity contribution is -0.114. The molecule has 0 fully saturated rings. The van der Waals surface area contributed by atoms with Crippen LogP contribution in [0.2, 0.25) is 0 Å². The van der Waals surface area contributed by atoms with Crippen LogP contribution in [-0.2, 0) is 21.4 Å². The minimum absolute atomic E-state index is 0.0627. The van der Waals surface area contributed by atoms with Gasteiger partial charge in [-0.15, -0.1) is 0 Å². The predicted octanol–water partition coefficient (Wildman–Crippen LogP) is 3.54. The lowest BCUT2D eigenvalue weighted by Gasteiger charge is -2.25. The summed E-state index contributed by atoms with van der Waals surface area (Å²) in [5.74, 6) is -0.867. The zero-order valence-corrected chi connectivity index (χ0v) is 20.2. The Balaban J connectivity index is 1.78. The molecule has 3 aromatic rings. The number of carbonyl (C=O) groups is 2. The SMILES string of the molecule is CC(C)c1ccccc1N(CC(=O)Nc1ccccc1C(=O)NCc1cccnc1)S(C)(=O)=O. The van der Waals surface area contributed by atoms with Gasteiger partial charge in [0.1, 0.15) is 6.54 Å². The van der Waals surface area contributed by atoms with Gasteiger partial charge >= 0.3 is 0 Å². The molecule has 178 valence electrons. The number of hydrogen-bond donors (Lipinski definition) is 2. The van der Waals surface area contributed by atoms with Crippen molar-refractivity contribution in [2.75, 3.05) is 22.4 Å². The summed E-state index contributed by atoms with van der Waals surface area (Å²) < 4.78 is 26.2.